The van der Waals surface area contributed by atoms with E-state index >= 15 is 0 Å². The van der Waals surface area contributed by atoms with Gasteiger partial charge in [0.15, 0.2) is 0 Å². The zero-order chi connectivity index (χ0) is 24.8. The molecule has 1 saturated carbocycles. The van der Waals surface area contributed by atoms with Gasteiger partial charge in [0.1, 0.15) is 23.3 Å². The van der Waals surface area contributed by atoms with E-state index in [4.69, 9.17) is 5.73 Å². The van der Waals surface area contributed by atoms with Crippen molar-refractivity contribution in [3.05, 3.63) is 82.8 Å². The molecule has 4 rings (SSSR count). The molecule has 4 N–H and O–H groups in total. The number of hydrogen-bond acceptors (Lipinski definition) is 5. The monoisotopic (exact) mass is 472 g/mol. The lowest BCUT2D eigenvalue weighted by molar-refractivity contribution is -0.116. The zero-order valence-electron chi connectivity index (χ0n) is 19.0. The van der Waals surface area contributed by atoms with Gasteiger partial charge in [0.05, 0.1) is 11.4 Å². The summed E-state index contributed by atoms with van der Waals surface area (Å²) in [5, 5.41) is 19.6. The number of halogens is 1. The highest BCUT2D eigenvalue weighted by atomic mass is 19.1. The van der Waals surface area contributed by atoms with Crippen molar-refractivity contribution in [3.63, 3.8) is 0 Å². The third-order valence-electron chi connectivity index (χ3n) is 5.58. The minimum Gasteiger partial charge on any atom is -0.382 e. The van der Waals surface area contributed by atoms with Crippen molar-refractivity contribution in [2.45, 2.75) is 31.7 Å². The Morgan fingerprint density at radius 2 is 1.89 bits per heavy atom. The molecular weight excluding hydrogens is 447 g/mol. The molecule has 8 nitrogen and oxygen atoms in total. The number of carbonyl (C=O) groups is 2. The molecule has 0 saturated heterocycles. The van der Waals surface area contributed by atoms with E-state index < -0.39 is 0 Å². The molecule has 1 aromatic heterocycles. The number of anilines is 1. The Morgan fingerprint density at radius 1 is 1.17 bits per heavy atom. The number of aromatic nitrogens is 2. The number of nitrogens with one attached hydrogen (secondary N) is 2. The fraction of sp³-hybridized carbons (Fsp3) is 0.231. The number of nitrogens with zero attached hydrogens (tertiary/aromatic N) is 3. The largest absolute Gasteiger partial charge is 0.382 e. The second-order valence-electron chi connectivity index (χ2n) is 8.30. The van der Waals surface area contributed by atoms with E-state index in [0.29, 0.717) is 42.4 Å². The molecule has 0 unspecified atom stereocenters. The van der Waals surface area contributed by atoms with Gasteiger partial charge in [0.2, 0.25) is 5.91 Å². The van der Waals surface area contributed by atoms with Crippen LogP contribution in [0.1, 0.15) is 46.4 Å². The smallest absolute Gasteiger partial charge is 0.251 e. The normalized spacial score (nSPS) is 12.9. The molecule has 2 aromatic carbocycles. The molecule has 3 aromatic rings. The highest BCUT2D eigenvalue weighted by Gasteiger charge is 2.23. The topological polar surface area (TPSA) is 126 Å². The average Bonchev–Trinajstić information content (AvgIpc) is 3.62. The first-order valence-corrected chi connectivity index (χ1v) is 11.3. The highest BCUT2D eigenvalue weighted by molar-refractivity contribution is 5.95. The highest BCUT2D eigenvalue weighted by Crippen LogP contribution is 2.22. The third-order valence-corrected chi connectivity index (χ3v) is 5.58. The molecule has 9 heteroatoms. The Morgan fingerprint density at radius 3 is 2.54 bits per heavy atom. The lowest BCUT2D eigenvalue weighted by Crippen LogP contribution is -2.25. The lowest BCUT2D eigenvalue weighted by atomic mass is 10.1. The van der Waals surface area contributed by atoms with Gasteiger partial charge in [-0.15, -0.1) is 0 Å². The molecule has 178 valence electrons. The minimum atomic E-state index is -0.377. The maximum atomic E-state index is 13.2. The van der Waals surface area contributed by atoms with Crippen LogP contribution in [-0.4, -0.2) is 34.2 Å². The first-order valence-electron chi connectivity index (χ1n) is 11.3. The predicted molar refractivity (Wildman–Crippen MR) is 130 cm³/mol. The van der Waals surface area contributed by atoms with Gasteiger partial charge in [-0.1, -0.05) is 12.1 Å². The van der Waals surface area contributed by atoms with E-state index in [-0.39, 0.29) is 29.0 Å². The molecule has 1 fully saturated rings. The van der Waals surface area contributed by atoms with E-state index in [2.05, 4.69) is 21.8 Å². The molecule has 0 spiro atoms. The first-order chi connectivity index (χ1) is 16.9. The molecule has 35 heavy (non-hydrogen) atoms. The Bertz CT molecular complexity index is 1290. The number of nitrogen functional groups attached to an aromatic ring is 1. The maximum Gasteiger partial charge on any atom is 0.251 e. The summed E-state index contributed by atoms with van der Waals surface area (Å²) in [5.74, 6) is -0.516. The van der Waals surface area contributed by atoms with Crippen molar-refractivity contribution in [2.24, 2.45) is 0 Å². The summed E-state index contributed by atoms with van der Waals surface area (Å²) in [4.78, 5) is 24.2. The second kappa shape index (κ2) is 10.7. The van der Waals surface area contributed by atoms with E-state index in [1.807, 2.05) is 0 Å². The van der Waals surface area contributed by atoms with Crippen LogP contribution in [0.4, 0.5) is 10.2 Å². The van der Waals surface area contributed by atoms with Crippen LogP contribution < -0.4 is 16.4 Å². The Hall–Kier alpha value is -4.45. The number of aryl methyl sites for hydroxylation is 1. The molecule has 0 atom stereocenters. The van der Waals surface area contributed by atoms with Crippen LogP contribution in [0.15, 0.2) is 54.6 Å². The van der Waals surface area contributed by atoms with Crippen molar-refractivity contribution in [2.75, 3.05) is 12.3 Å². The number of hydrogen-bond donors (Lipinski definition) is 3. The van der Waals surface area contributed by atoms with Gasteiger partial charge in [0, 0.05) is 24.2 Å². The summed E-state index contributed by atoms with van der Waals surface area (Å²) in [6, 6.07) is 15.1. The predicted octanol–water partition coefficient (Wildman–Crippen LogP) is 3.12. The van der Waals surface area contributed by atoms with Crippen LogP contribution in [0.5, 0.6) is 0 Å². The minimum absolute atomic E-state index is 0.0791. The third kappa shape index (κ3) is 6.12. The molecule has 0 radical (unpaired) electrons. The van der Waals surface area contributed by atoms with Crippen LogP contribution in [0.3, 0.4) is 0 Å². The first kappa shape index (κ1) is 23.7. The standard InChI is InChI=1S/C26H25FN6O2/c27-19-8-12-21(13-9-19)33-25(29)22(16-28)23(32-33)2-1-15-30-24(34)14-5-17-3-6-18(7-4-17)26(35)31-20-10-11-20/h3-9,12-14,20H,1-2,10-11,15,29H2,(H,30,34)(H,31,35)/b14-5+. The Balaban J connectivity index is 1.26. The van der Waals surface area contributed by atoms with Crippen LogP contribution in [0.2, 0.25) is 0 Å². The van der Waals surface area contributed by atoms with Gasteiger partial charge in [-0.2, -0.15) is 10.4 Å². The summed E-state index contributed by atoms with van der Waals surface area (Å²) < 4.78 is 14.6. The fourth-order valence-corrected chi connectivity index (χ4v) is 3.49. The second-order valence-corrected chi connectivity index (χ2v) is 8.30. The SMILES string of the molecule is N#Cc1c(CCCNC(=O)/C=C/c2ccc(C(=O)NC3CC3)cc2)nn(-c2ccc(F)cc2)c1N. The van der Waals surface area contributed by atoms with E-state index in [1.54, 1.807) is 30.3 Å². The fourth-order valence-electron chi connectivity index (χ4n) is 3.49. The summed E-state index contributed by atoms with van der Waals surface area (Å²) in [5.41, 5.74) is 8.82. The molecule has 0 bridgehead atoms. The van der Waals surface area contributed by atoms with Crippen LogP contribution >= 0.6 is 0 Å². The number of nitrogens with two attached hydrogens (primary N) is 1. The van der Waals surface area contributed by atoms with Crippen molar-refractivity contribution in [3.8, 4) is 11.8 Å². The molecule has 1 aliphatic rings. The van der Waals surface area contributed by atoms with Crippen molar-refractivity contribution < 1.29 is 14.0 Å². The van der Waals surface area contributed by atoms with Gasteiger partial charge in [-0.3, -0.25) is 9.59 Å². The molecule has 2 amide bonds. The van der Waals surface area contributed by atoms with E-state index in [0.717, 1.165) is 18.4 Å². The number of carbonyl (C=O) groups excluding carboxylic acids is 2. The molecule has 0 aliphatic heterocycles. The van der Waals surface area contributed by atoms with Gasteiger partial charge in [-0.25, -0.2) is 9.07 Å². The Labute approximate surface area is 202 Å². The zero-order valence-corrected chi connectivity index (χ0v) is 19.0. The molecule has 1 aliphatic carbocycles. The number of benzene rings is 2. The van der Waals surface area contributed by atoms with Crippen molar-refractivity contribution in [1.82, 2.24) is 20.4 Å². The maximum absolute atomic E-state index is 13.2. The quantitative estimate of drug-likeness (QED) is 0.326. The van der Waals surface area contributed by atoms with E-state index in [9.17, 15) is 19.2 Å². The van der Waals surface area contributed by atoms with Gasteiger partial charge in [-0.05, 0) is 73.7 Å². The Kier molecular flexibility index (Phi) is 7.21. The number of amides is 2. The summed E-state index contributed by atoms with van der Waals surface area (Å²) in [6.07, 6.45) is 6.18. The van der Waals surface area contributed by atoms with Crippen LogP contribution in [0, 0.1) is 17.1 Å². The van der Waals surface area contributed by atoms with Gasteiger partial charge >= 0.3 is 0 Å². The van der Waals surface area contributed by atoms with Gasteiger partial charge in [0.25, 0.3) is 5.91 Å². The van der Waals surface area contributed by atoms with Gasteiger partial charge < -0.3 is 16.4 Å². The number of nitriles is 1. The molecular formula is C26H25FN6O2. The average molecular weight is 473 g/mol. The van der Waals surface area contributed by atoms with E-state index in [1.165, 1.54) is 35.0 Å². The van der Waals surface area contributed by atoms with Crippen LogP contribution in [0.25, 0.3) is 11.8 Å². The summed E-state index contributed by atoms with van der Waals surface area (Å²) >= 11 is 0. The molecule has 1 heterocycles. The summed E-state index contributed by atoms with van der Waals surface area (Å²) in [6.45, 7) is 0.387. The van der Waals surface area contributed by atoms with Crippen LogP contribution in [-0.2, 0) is 11.2 Å². The number of rotatable bonds is 9. The summed E-state index contributed by atoms with van der Waals surface area (Å²) in [7, 11) is 0. The lowest BCUT2D eigenvalue weighted by Gasteiger charge is -2.04. The van der Waals surface area contributed by atoms with Crippen molar-refractivity contribution >= 4 is 23.7 Å². The van der Waals surface area contributed by atoms with Crippen molar-refractivity contribution in [1.29, 1.82) is 5.26 Å².